The molecule has 0 unspecified atom stereocenters. The molecular formula is C25H23BrN4O2S2. The van der Waals surface area contributed by atoms with Gasteiger partial charge in [0.1, 0.15) is 14.7 Å². The number of nitrogens with one attached hydrogen (secondary N) is 1. The van der Waals surface area contributed by atoms with E-state index >= 15 is 0 Å². The highest BCUT2D eigenvalue weighted by Gasteiger charge is 2.24. The Bertz CT molecular complexity index is 1410. The summed E-state index contributed by atoms with van der Waals surface area (Å²) in [6.07, 6.45) is 6.69. The number of amides is 2. The van der Waals surface area contributed by atoms with Crippen molar-refractivity contribution in [2.75, 3.05) is 11.1 Å². The van der Waals surface area contributed by atoms with Gasteiger partial charge in [-0.2, -0.15) is 0 Å². The maximum absolute atomic E-state index is 13.2. The van der Waals surface area contributed by atoms with Crippen LogP contribution in [0.4, 0.5) is 10.7 Å². The molecule has 0 fully saturated rings. The molecule has 0 atom stereocenters. The Kier molecular flexibility index (Phi) is 6.42. The van der Waals surface area contributed by atoms with Crippen molar-refractivity contribution in [2.45, 2.75) is 38.5 Å². The van der Waals surface area contributed by atoms with Crippen LogP contribution in [0.15, 0.2) is 40.2 Å². The Hall–Kier alpha value is -2.75. The highest BCUT2D eigenvalue weighted by atomic mass is 79.9. The number of nitrogens with zero attached hydrogens (tertiary/aromatic N) is 1. The average Bonchev–Trinajstić information content (AvgIpc) is 3.35. The number of primary amides is 1. The van der Waals surface area contributed by atoms with E-state index in [1.807, 2.05) is 29.6 Å². The van der Waals surface area contributed by atoms with Crippen molar-refractivity contribution < 1.29 is 9.59 Å². The fraction of sp³-hybridized carbons (Fsp3) is 0.240. The van der Waals surface area contributed by atoms with Crippen molar-refractivity contribution in [3.63, 3.8) is 0 Å². The van der Waals surface area contributed by atoms with E-state index in [4.69, 9.17) is 16.5 Å². The number of aryl methyl sites for hydroxylation is 2. The Morgan fingerprint density at radius 1 is 1.06 bits per heavy atom. The molecule has 0 radical (unpaired) electrons. The number of fused-ring (bicyclic) bond motifs is 2. The molecule has 0 aliphatic heterocycles. The fourth-order valence-electron chi connectivity index (χ4n) is 4.38. The Morgan fingerprint density at radius 3 is 2.53 bits per heavy atom. The number of carbonyl (C=O) groups is 2. The van der Waals surface area contributed by atoms with Gasteiger partial charge in [0.15, 0.2) is 0 Å². The van der Waals surface area contributed by atoms with E-state index in [2.05, 4.69) is 27.3 Å². The zero-order valence-electron chi connectivity index (χ0n) is 18.3. The lowest BCUT2D eigenvalue weighted by molar-refractivity contribution is 0.100. The van der Waals surface area contributed by atoms with Crippen LogP contribution in [0.25, 0.3) is 21.3 Å². The first-order chi connectivity index (χ1) is 16.4. The van der Waals surface area contributed by atoms with Crippen molar-refractivity contribution in [1.82, 2.24) is 4.98 Å². The molecule has 1 aliphatic rings. The molecule has 0 spiro atoms. The minimum absolute atomic E-state index is 0.293. The van der Waals surface area contributed by atoms with Gasteiger partial charge in [0, 0.05) is 26.5 Å². The molecule has 4 aromatic rings. The predicted molar refractivity (Wildman–Crippen MR) is 144 cm³/mol. The van der Waals surface area contributed by atoms with Gasteiger partial charge >= 0.3 is 0 Å². The molecule has 34 heavy (non-hydrogen) atoms. The highest BCUT2D eigenvalue weighted by Crippen LogP contribution is 2.38. The van der Waals surface area contributed by atoms with Gasteiger partial charge < -0.3 is 16.8 Å². The fourth-order valence-corrected chi connectivity index (χ4v) is 6.60. The van der Waals surface area contributed by atoms with Gasteiger partial charge in [0.2, 0.25) is 0 Å². The minimum atomic E-state index is -0.597. The molecule has 0 saturated carbocycles. The van der Waals surface area contributed by atoms with Crippen LogP contribution in [-0.2, 0) is 12.8 Å². The van der Waals surface area contributed by atoms with Crippen LogP contribution < -0.4 is 16.8 Å². The largest absolute Gasteiger partial charge is 0.397 e. The maximum atomic E-state index is 13.2. The number of anilines is 2. The third kappa shape index (κ3) is 4.35. The summed E-state index contributed by atoms with van der Waals surface area (Å²) in [6.45, 7) is 0. The highest BCUT2D eigenvalue weighted by molar-refractivity contribution is 9.10. The topological polar surface area (TPSA) is 111 Å². The van der Waals surface area contributed by atoms with Crippen LogP contribution in [0, 0.1) is 0 Å². The van der Waals surface area contributed by atoms with Crippen molar-refractivity contribution in [3.05, 3.63) is 61.9 Å². The number of aromatic nitrogens is 1. The smallest absolute Gasteiger partial charge is 0.268 e. The van der Waals surface area contributed by atoms with Crippen molar-refractivity contribution in [3.8, 4) is 11.1 Å². The Morgan fingerprint density at radius 2 is 1.79 bits per heavy atom. The number of pyridine rings is 1. The number of halogens is 1. The van der Waals surface area contributed by atoms with Crippen LogP contribution in [-0.4, -0.2) is 16.8 Å². The Labute approximate surface area is 213 Å². The van der Waals surface area contributed by atoms with Crippen molar-refractivity contribution in [2.24, 2.45) is 5.73 Å². The molecule has 5 N–H and O–H groups in total. The minimum Gasteiger partial charge on any atom is -0.397 e. The number of benzene rings is 1. The molecule has 174 valence electrons. The number of nitrogen functional groups attached to an aromatic ring is 1. The van der Waals surface area contributed by atoms with Crippen LogP contribution in [0.2, 0.25) is 0 Å². The summed E-state index contributed by atoms with van der Waals surface area (Å²) in [5.41, 5.74) is 16.7. The lowest BCUT2D eigenvalue weighted by Gasteiger charge is -2.12. The third-order valence-electron chi connectivity index (χ3n) is 6.13. The molecule has 0 saturated heterocycles. The summed E-state index contributed by atoms with van der Waals surface area (Å²) in [5.74, 6) is -0.958. The summed E-state index contributed by atoms with van der Waals surface area (Å²) in [7, 11) is 0. The van der Waals surface area contributed by atoms with E-state index in [1.54, 1.807) is 0 Å². The van der Waals surface area contributed by atoms with Gasteiger partial charge in [-0.05, 0) is 55.0 Å². The predicted octanol–water partition coefficient (Wildman–Crippen LogP) is 6.38. The Balaban J connectivity index is 1.48. The first kappa shape index (κ1) is 23.0. The quantitative estimate of drug-likeness (QED) is 0.271. The lowest BCUT2D eigenvalue weighted by Crippen LogP contribution is -2.17. The normalized spacial score (nSPS) is 13.8. The first-order valence-electron chi connectivity index (χ1n) is 11.1. The molecule has 1 aliphatic carbocycles. The SMILES string of the molecule is NC(=O)c1c(-c2ccc(Br)cc2)csc1NC(=O)c1sc2nc3c(cc2c1N)CCCCCC3. The number of nitrogens with two attached hydrogens (primary N) is 2. The molecule has 6 nitrogen and oxygen atoms in total. The number of carbonyl (C=O) groups excluding carboxylic acids is 2. The molecule has 3 heterocycles. The van der Waals surface area contributed by atoms with E-state index < -0.39 is 5.91 Å². The van der Waals surface area contributed by atoms with Gasteiger partial charge in [0.25, 0.3) is 11.8 Å². The van der Waals surface area contributed by atoms with E-state index in [9.17, 15) is 9.59 Å². The molecule has 1 aromatic carbocycles. The number of hydrogen-bond donors (Lipinski definition) is 3. The van der Waals surface area contributed by atoms with Gasteiger partial charge in [-0.15, -0.1) is 22.7 Å². The van der Waals surface area contributed by atoms with Crippen LogP contribution in [0.1, 0.15) is 57.0 Å². The summed E-state index contributed by atoms with van der Waals surface area (Å²) in [6, 6.07) is 9.68. The maximum Gasteiger partial charge on any atom is 0.268 e. The second kappa shape index (κ2) is 9.48. The van der Waals surface area contributed by atoms with Gasteiger partial charge in [-0.3, -0.25) is 9.59 Å². The second-order valence-corrected chi connectivity index (χ2v) is 11.2. The monoisotopic (exact) mass is 554 g/mol. The average molecular weight is 556 g/mol. The van der Waals surface area contributed by atoms with Crippen molar-refractivity contribution in [1.29, 1.82) is 0 Å². The molecule has 2 amide bonds. The van der Waals surface area contributed by atoms with E-state index in [1.165, 1.54) is 41.1 Å². The first-order valence-corrected chi connectivity index (χ1v) is 13.6. The molecule has 3 aromatic heterocycles. The molecule has 5 rings (SSSR count). The zero-order chi connectivity index (χ0) is 23.8. The summed E-state index contributed by atoms with van der Waals surface area (Å²) in [5, 5.41) is 5.94. The van der Waals surface area contributed by atoms with E-state index in [-0.39, 0.29) is 5.91 Å². The van der Waals surface area contributed by atoms with E-state index in [0.29, 0.717) is 26.7 Å². The number of thiophene rings is 2. The molecule has 9 heteroatoms. The lowest BCUT2D eigenvalue weighted by atomic mass is 9.96. The number of hydrogen-bond acceptors (Lipinski definition) is 6. The molecular weight excluding hydrogens is 532 g/mol. The summed E-state index contributed by atoms with van der Waals surface area (Å²) in [4.78, 5) is 31.6. The van der Waals surface area contributed by atoms with Crippen molar-refractivity contribution >= 4 is 71.3 Å². The summed E-state index contributed by atoms with van der Waals surface area (Å²) >= 11 is 5.98. The van der Waals surface area contributed by atoms with Gasteiger partial charge in [-0.1, -0.05) is 40.9 Å². The third-order valence-corrected chi connectivity index (χ3v) is 8.66. The molecule has 0 bridgehead atoms. The number of rotatable bonds is 4. The summed E-state index contributed by atoms with van der Waals surface area (Å²) < 4.78 is 0.933. The van der Waals surface area contributed by atoms with Gasteiger partial charge in [0.05, 0.1) is 11.3 Å². The van der Waals surface area contributed by atoms with Crippen LogP contribution in [0.3, 0.4) is 0 Å². The van der Waals surface area contributed by atoms with E-state index in [0.717, 1.165) is 51.6 Å². The van der Waals surface area contributed by atoms with Gasteiger partial charge in [-0.25, -0.2) is 4.98 Å². The zero-order valence-corrected chi connectivity index (χ0v) is 21.5. The van der Waals surface area contributed by atoms with Crippen LogP contribution in [0.5, 0.6) is 0 Å². The standard InChI is InChI=1S/C25H23BrN4O2S2/c26-15-9-7-13(8-10-15)17-12-33-25(19(17)22(28)31)30-23(32)21-20(27)16-11-14-5-3-1-2-4-6-18(14)29-24(16)34-21/h7-12H,1-6,27H2,(H2,28,31)(H,30,32). The van der Waals surface area contributed by atoms with Crippen LogP contribution >= 0.6 is 38.6 Å². The second-order valence-electron chi connectivity index (χ2n) is 8.38.